The van der Waals surface area contributed by atoms with Gasteiger partial charge in [-0.3, -0.25) is 4.79 Å². The number of hydrogen-bond acceptors (Lipinski definition) is 7. The highest BCUT2D eigenvalue weighted by Gasteiger charge is 2.48. The Morgan fingerprint density at radius 1 is 1.40 bits per heavy atom. The largest absolute Gasteiger partial charge is 0.496 e. The number of carbonyl (C=O) groups is 2. The molecule has 1 unspecified atom stereocenters. The fourth-order valence-corrected chi connectivity index (χ4v) is 3.84. The summed E-state index contributed by atoms with van der Waals surface area (Å²) in [7, 11) is 1.46. The lowest BCUT2D eigenvalue weighted by Gasteiger charge is -2.24. The maximum Gasteiger partial charge on any atom is 0.347 e. The molecule has 0 bridgehead atoms. The van der Waals surface area contributed by atoms with Gasteiger partial charge in [-0.15, -0.1) is 0 Å². The van der Waals surface area contributed by atoms with Crippen molar-refractivity contribution in [3.8, 4) is 11.5 Å². The minimum Gasteiger partial charge on any atom is -0.496 e. The maximum absolute atomic E-state index is 12.4. The van der Waals surface area contributed by atoms with Crippen molar-refractivity contribution in [1.29, 1.82) is 0 Å². The van der Waals surface area contributed by atoms with Gasteiger partial charge in [0.25, 0.3) is 0 Å². The third kappa shape index (κ3) is 1.93. The Hall–Kier alpha value is -2.67. The molecule has 7 nitrogen and oxygen atoms in total. The van der Waals surface area contributed by atoms with Crippen LogP contribution >= 0.6 is 0 Å². The third-order valence-corrected chi connectivity index (χ3v) is 5.12. The molecule has 1 aromatic carbocycles. The summed E-state index contributed by atoms with van der Waals surface area (Å²) in [6.07, 6.45) is 0.310. The van der Waals surface area contributed by atoms with Crippen LogP contribution in [-0.4, -0.2) is 30.4 Å². The second kappa shape index (κ2) is 5.16. The van der Waals surface area contributed by atoms with Crippen LogP contribution in [0.3, 0.4) is 0 Å². The van der Waals surface area contributed by atoms with E-state index in [2.05, 4.69) is 0 Å². The number of carbonyl (C=O) groups excluding carboxylic acids is 2. The molecule has 2 aromatic rings. The van der Waals surface area contributed by atoms with Crippen LogP contribution in [0, 0.1) is 0 Å². The normalized spacial score (nSPS) is 24.1. The van der Waals surface area contributed by atoms with Gasteiger partial charge in [-0.2, -0.15) is 0 Å². The Bertz CT molecular complexity index is 987. The summed E-state index contributed by atoms with van der Waals surface area (Å²) >= 11 is 0. The third-order valence-electron chi connectivity index (χ3n) is 5.12. The molecule has 2 heterocycles. The van der Waals surface area contributed by atoms with Gasteiger partial charge in [-0.25, -0.2) is 4.79 Å². The zero-order valence-corrected chi connectivity index (χ0v) is 13.8. The molecule has 25 heavy (non-hydrogen) atoms. The molecule has 0 amide bonds. The predicted octanol–water partition coefficient (Wildman–Crippen LogP) is 1.49. The highest BCUT2D eigenvalue weighted by atomic mass is 16.5. The van der Waals surface area contributed by atoms with Gasteiger partial charge in [0.2, 0.25) is 0 Å². The van der Waals surface area contributed by atoms with Gasteiger partial charge in [0, 0.05) is 18.9 Å². The van der Waals surface area contributed by atoms with E-state index >= 15 is 0 Å². The molecule has 1 aliphatic heterocycles. The number of aliphatic hydroxyl groups is 1. The molecule has 4 rings (SSSR count). The van der Waals surface area contributed by atoms with Gasteiger partial charge in [-0.05, 0) is 18.9 Å². The molecule has 1 aliphatic carbocycles. The summed E-state index contributed by atoms with van der Waals surface area (Å²) in [6, 6.07) is 1.60. The van der Waals surface area contributed by atoms with E-state index in [0.717, 1.165) is 0 Å². The van der Waals surface area contributed by atoms with Crippen LogP contribution in [0.25, 0.3) is 11.0 Å². The molecular formula is C18H16O7. The lowest BCUT2D eigenvalue weighted by Crippen LogP contribution is -2.36. The minimum atomic E-state index is -1.62. The Morgan fingerprint density at radius 3 is 2.84 bits per heavy atom. The van der Waals surface area contributed by atoms with Gasteiger partial charge in [0.1, 0.15) is 35.1 Å². The second-order valence-corrected chi connectivity index (χ2v) is 6.38. The van der Waals surface area contributed by atoms with Gasteiger partial charge in [0.15, 0.2) is 11.4 Å². The first-order valence-corrected chi connectivity index (χ1v) is 7.99. The lowest BCUT2D eigenvalue weighted by molar-refractivity contribution is -0.115. The number of aldehydes is 1. The van der Waals surface area contributed by atoms with E-state index < -0.39 is 17.3 Å². The average Bonchev–Trinajstić information content (AvgIpc) is 3.06. The molecule has 0 radical (unpaired) electrons. The predicted molar refractivity (Wildman–Crippen MR) is 86.4 cm³/mol. The van der Waals surface area contributed by atoms with E-state index in [1.807, 2.05) is 0 Å². The van der Waals surface area contributed by atoms with E-state index in [-0.39, 0.29) is 35.3 Å². The van der Waals surface area contributed by atoms with Crippen LogP contribution in [0.1, 0.15) is 41.3 Å². The van der Waals surface area contributed by atoms with Gasteiger partial charge in [-0.1, -0.05) is 0 Å². The van der Waals surface area contributed by atoms with Gasteiger partial charge >= 0.3 is 5.63 Å². The molecule has 0 spiro atoms. The number of rotatable bonds is 3. The molecule has 1 N–H and O–H groups in total. The first-order chi connectivity index (χ1) is 11.9. The fourth-order valence-electron chi connectivity index (χ4n) is 3.84. The first kappa shape index (κ1) is 15.8. The maximum atomic E-state index is 12.4. The summed E-state index contributed by atoms with van der Waals surface area (Å²) in [4.78, 5) is 35.5. The lowest BCUT2D eigenvalue weighted by atomic mass is 9.86. The Morgan fingerprint density at radius 2 is 2.16 bits per heavy atom. The molecule has 2 atom stereocenters. The van der Waals surface area contributed by atoms with Crippen molar-refractivity contribution in [3.05, 3.63) is 33.2 Å². The minimum absolute atomic E-state index is 0.0386. The van der Waals surface area contributed by atoms with Crippen molar-refractivity contribution in [1.82, 2.24) is 0 Å². The van der Waals surface area contributed by atoms with Crippen LogP contribution in [0.4, 0.5) is 0 Å². The number of benzene rings is 1. The SMILES string of the molecule is COc1cc2c(c3oc(=O)c4c(c13)CCC4=O)[C@@](O)(CC=O)C(C)O2. The number of fused-ring (bicyclic) bond motifs is 5. The topological polar surface area (TPSA) is 103 Å². The highest BCUT2D eigenvalue weighted by Crippen LogP contribution is 2.50. The van der Waals surface area contributed by atoms with E-state index in [1.54, 1.807) is 13.0 Å². The zero-order chi connectivity index (χ0) is 17.9. The summed E-state index contributed by atoms with van der Waals surface area (Å²) in [5, 5.41) is 11.5. The number of hydrogen-bond donors (Lipinski definition) is 1. The molecule has 0 saturated carbocycles. The van der Waals surface area contributed by atoms with Crippen molar-refractivity contribution in [2.75, 3.05) is 7.11 Å². The highest BCUT2D eigenvalue weighted by molar-refractivity contribution is 6.06. The number of ether oxygens (including phenoxy) is 2. The summed E-state index contributed by atoms with van der Waals surface area (Å²) < 4.78 is 16.5. The van der Waals surface area contributed by atoms with Crippen molar-refractivity contribution in [2.45, 2.75) is 37.9 Å². The summed E-state index contributed by atoms with van der Waals surface area (Å²) in [5.41, 5.74) is -1.40. The van der Waals surface area contributed by atoms with E-state index in [4.69, 9.17) is 13.9 Å². The first-order valence-electron chi connectivity index (χ1n) is 7.99. The number of methoxy groups -OCH3 is 1. The Balaban J connectivity index is 2.17. The molecular weight excluding hydrogens is 328 g/mol. The Kier molecular flexibility index (Phi) is 3.27. The van der Waals surface area contributed by atoms with E-state index in [1.165, 1.54) is 7.11 Å². The second-order valence-electron chi connectivity index (χ2n) is 6.38. The van der Waals surface area contributed by atoms with E-state index in [9.17, 15) is 19.5 Å². The molecule has 0 saturated heterocycles. The Labute approximate surface area is 142 Å². The van der Waals surface area contributed by atoms with Crippen molar-refractivity contribution < 1.29 is 28.6 Å². The fraction of sp³-hybridized carbons (Fsp3) is 0.389. The van der Waals surface area contributed by atoms with Crippen LogP contribution in [0.2, 0.25) is 0 Å². The van der Waals surface area contributed by atoms with Gasteiger partial charge in [0.05, 0.1) is 18.1 Å². The van der Waals surface area contributed by atoms with Crippen LogP contribution in [0.5, 0.6) is 11.5 Å². The smallest absolute Gasteiger partial charge is 0.347 e. The molecule has 130 valence electrons. The van der Waals surface area contributed by atoms with Crippen molar-refractivity contribution >= 4 is 23.0 Å². The van der Waals surface area contributed by atoms with Gasteiger partial charge < -0.3 is 23.8 Å². The average molecular weight is 344 g/mol. The molecule has 2 aliphatic rings. The molecule has 1 aromatic heterocycles. The van der Waals surface area contributed by atoms with Crippen LogP contribution < -0.4 is 15.1 Å². The summed E-state index contributed by atoms with van der Waals surface area (Å²) in [6.45, 7) is 1.64. The molecule has 7 heteroatoms. The molecule has 0 fully saturated rings. The number of ketones is 1. The number of Topliss-reactive ketones (excluding diaryl/α,β-unsaturated/α-hetero) is 1. The van der Waals surface area contributed by atoms with Crippen molar-refractivity contribution in [3.63, 3.8) is 0 Å². The standard InChI is InChI=1S/C18H16O7/c1-8-18(22,5-6-19)15-12(24-8)7-11(23-2)14-9-3-4-10(20)13(9)17(21)25-16(14)15/h6-8,22H,3-5H2,1-2H3/t8?,18-/m1/s1. The van der Waals surface area contributed by atoms with E-state index in [0.29, 0.717) is 35.2 Å². The quantitative estimate of drug-likeness (QED) is 0.664. The van der Waals surface area contributed by atoms with Crippen molar-refractivity contribution in [2.24, 2.45) is 0 Å². The zero-order valence-electron chi connectivity index (χ0n) is 13.8. The summed E-state index contributed by atoms with van der Waals surface area (Å²) in [5.74, 6) is 0.431. The number of aryl methyl sites for hydroxylation is 1. The van der Waals surface area contributed by atoms with Crippen LogP contribution in [-0.2, 0) is 16.8 Å². The van der Waals surface area contributed by atoms with Crippen LogP contribution in [0.15, 0.2) is 15.3 Å². The monoisotopic (exact) mass is 344 g/mol.